The van der Waals surface area contributed by atoms with E-state index >= 15 is 0 Å². The molecule has 1 heterocycles. The Morgan fingerprint density at radius 3 is 2.29 bits per heavy atom. The fraction of sp³-hybridized carbons (Fsp3) is 0.348. The van der Waals surface area contributed by atoms with Gasteiger partial charge in [0, 0.05) is 25.1 Å². The average molecular weight is 383 g/mol. The number of piperidine rings is 1. The van der Waals surface area contributed by atoms with Crippen LogP contribution in [0.15, 0.2) is 66.5 Å². The number of amides is 1. The van der Waals surface area contributed by atoms with Crippen molar-refractivity contribution in [2.24, 2.45) is 5.41 Å². The second kappa shape index (κ2) is 9.51. The fourth-order valence-corrected chi connectivity index (χ4v) is 3.48. The van der Waals surface area contributed by atoms with E-state index in [2.05, 4.69) is 0 Å². The number of halogens is 1. The molecule has 0 saturated carbocycles. The highest BCUT2D eigenvalue weighted by Crippen LogP contribution is 2.35. The highest BCUT2D eigenvalue weighted by molar-refractivity contribution is 5.95. The zero-order chi connectivity index (χ0) is 19.8. The quantitative estimate of drug-likeness (QED) is 0.734. The van der Waals surface area contributed by atoms with E-state index in [9.17, 15) is 14.3 Å². The van der Waals surface area contributed by atoms with Crippen LogP contribution >= 0.6 is 0 Å². The summed E-state index contributed by atoms with van der Waals surface area (Å²) in [5.74, 6) is -0.539. The number of likely N-dealkylation sites (tertiary alicyclic amines) is 1. The van der Waals surface area contributed by atoms with Crippen LogP contribution in [0.25, 0.3) is 6.08 Å². The third-order valence-corrected chi connectivity index (χ3v) is 5.39. The van der Waals surface area contributed by atoms with Crippen LogP contribution < -0.4 is 4.74 Å². The molecular formula is C23H26FNO3. The zero-order valence-electron chi connectivity index (χ0n) is 15.9. The van der Waals surface area contributed by atoms with Gasteiger partial charge in [0.2, 0.25) is 0 Å². The maximum atomic E-state index is 14.3. The normalized spacial score (nSPS) is 16.6. The number of hydrogen-bond donors (Lipinski definition) is 1. The van der Waals surface area contributed by atoms with E-state index in [0.29, 0.717) is 44.5 Å². The number of hydrogen-bond acceptors (Lipinski definition) is 3. The molecule has 1 fully saturated rings. The molecule has 0 atom stereocenters. The van der Waals surface area contributed by atoms with E-state index in [0.717, 1.165) is 5.75 Å². The maximum absolute atomic E-state index is 14.3. The number of aliphatic hydroxyl groups is 1. The van der Waals surface area contributed by atoms with Gasteiger partial charge in [0.05, 0.1) is 6.61 Å². The molecule has 0 radical (unpaired) electrons. The van der Waals surface area contributed by atoms with Crippen molar-refractivity contribution in [3.63, 3.8) is 0 Å². The molecule has 0 spiro atoms. The molecule has 2 aromatic carbocycles. The van der Waals surface area contributed by atoms with E-state index < -0.39 is 11.7 Å². The van der Waals surface area contributed by atoms with Gasteiger partial charge in [-0.2, -0.15) is 0 Å². The number of nitrogens with zero attached hydrogens (tertiary/aromatic N) is 1. The Bertz CT molecular complexity index is 784. The summed E-state index contributed by atoms with van der Waals surface area (Å²) in [6.07, 6.45) is 3.23. The molecule has 0 aromatic heterocycles. The summed E-state index contributed by atoms with van der Waals surface area (Å²) >= 11 is 0. The number of benzene rings is 2. The van der Waals surface area contributed by atoms with Gasteiger partial charge >= 0.3 is 0 Å². The molecular weight excluding hydrogens is 357 g/mol. The van der Waals surface area contributed by atoms with Crippen LogP contribution in [-0.4, -0.2) is 42.2 Å². The van der Waals surface area contributed by atoms with Crippen LogP contribution in [0.5, 0.6) is 5.75 Å². The third-order valence-electron chi connectivity index (χ3n) is 5.39. The molecule has 28 heavy (non-hydrogen) atoms. The van der Waals surface area contributed by atoms with Gasteiger partial charge < -0.3 is 14.7 Å². The van der Waals surface area contributed by atoms with Gasteiger partial charge in [-0.3, -0.25) is 4.79 Å². The smallest absolute Gasteiger partial charge is 0.282 e. The molecule has 1 N–H and O–H groups in total. The van der Waals surface area contributed by atoms with Crippen LogP contribution in [0.4, 0.5) is 4.39 Å². The van der Waals surface area contributed by atoms with Gasteiger partial charge in [0.15, 0.2) is 5.83 Å². The summed E-state index contributed by atoms with van der Waals surface area (Å²) < 4.78 is 20.1. The van der Waals surface area contributed by atoms with Gasteiger partial charge in [0.1, 0.15) is 5.75 Å². The first kappa shape index (κ1) is 20.1. The molecule has 1 aliphatic rings. The monoisotopic (exact) mass is 383 g/mol. The van der Waals surface area contributed by atoms with Gasteiger partial charge in [0.25, 0.3) is 5.91 Å². The molecule has 0 bridgehead atoms. The van der Waals surface area contributed by atoms with Crippen molar-refractivity contribution in [3.05, 3.63) is 72.1 Å². The van der Waals surface area contributed by atoms with E-state index in [1.165, 1.54) is 11.0 Å². The summed E-state index contributed by atoms with van der Waals surface area (Å²) in [5.41, 5.74) is 0.374. The van der Waals surface area contributed by atoms with Crippen molar-refractivity contribution in [2.75, 3.05) is 26.3 Å². The molecule has 1 saturated heterocycles. The first-order valence-electron chi connectivity index (χ1n) is 9.62. The van der Waals surface area contributed by atoms with Gasteiger partial charge in [-0.15, -0.1) is 0 Å². The number of aliphatic hydroxyl groups excluding tert-OH is 1. The van der Waals surface area contributed by atoms with Crippen molar-refractivity contribution in [1.29, 1.82) is 0 Å². The van der Waals surface area contributed by atoms with Crippen molar-refractivity contribution >= 4 is 12.0 Å². The predicted octanol–water partition coefficient (Wildman–Crippen LogP) is 4.07. The lowest BCUT2D eigenvalue weighted by molar-refractivity contribution is -0.131. The Hall–Kier alpha value is -2.66. The minimum atomic E-state index is -0.755. The second-order valence-corrected chi connectivity index (χ2v) is 7.26. The second-order valence-electron chi connectivity index (χ2n) is 7.26. The summed E-state index contributed by atoms with van der Waals surface area (Å²) in [6, 6.07) is 18.5. The average Bonchev–Trinajstić information content (AvgIpc) is 2.75. The lowest BCUT2D eigenvalue weighted by atomic mass is 9.76. The maximum Gasteiger partial charge on any atom is 0.282 e. The molecule has 4 nitrogen and oxygen atoms in total. The van der Waals surface area contributed by atoms with E-state index in [-0.39, 0.29) is 12.0 Å². The molecule has 148 valence electrons. The topological polar surface area (TPSA) is 49.8 Å². The number of carbonyl (C=O) groups is 1. The SMILES string of the molecule is O=C(C(F)=Cc1ccccc1)N1CCC(CO)(CCOc2ccccc2)CC1. The Morgan fingerprint density at radius 2 is 1.68 bits per heavy atom. The lowest BCUT2D eigenvalue weighted by Gasteiger charge is -2.40. The zero-order valence-corrected chi connectivity index (χ0v) is 15.9. The van der Waals surface area contributed by atoms with Crippen LogP contribution in [0, 0.1) is 5.41 Å². The van der Waals surface area contributed by atoms with Crippen LogP contribution in [0.3, 0.4) is 0 Å². The summed E-state index contributed by atoms with van der Waals surface area (Å²) in [6.45, 7) is 1.40. The summed E-state index contributed by atoms with van der Waals surface area (Å²) in [4.78, 5) is 13.9. The van der Waals surface area contributed by atoms with Crippen molar-refractivity contribution in [3.8, 4) is 5.75 Å². The Morgan fingerprint density at radius 1 is 1.07 bits per heavy atom. The minimum absolute atomic E-state index is 0.0372. The van der Waals surface area contributed by atoms with Gasteiger partial charge in [-0.05, 0) is 43.0 Å². The molecule has 1 amide bonds. The van der Waals surface area contributed by atoms with E-state index in [1.54, 1.807) is 24.3 Å². The Labute approximate surface area is 165 Å². The lowest BCUT2D eigenvalue weighted by Crippen LogP contribution is -2.45. The molecule has 1 aliphatic heterocycles. The molecule has 2 aromatic rings. The first-order chi connectivity index (χ1) is 13.6. The Balaban J connectivity index is 1.52. The molecule has 0 aliphatic carbocycles. The van der Waals surface area contributed by atoms with Crippen LogP contribution in [0.1, 0.15) is 24.8 Å². The van der Waals surface area contributed by atoms with Crippen molar-refractivity contribution in [2.45, 2.75) is 19.3 Å². The summed E-state index contributed by atoms with van der Waals surface area (Å²) in [5, 5.41) is 9.92. The van der Waals surface area contributed by atoms with Gasteiger partial charge in [-0.1, -0.05) is 48.5 Å². The fourth-order valence-electron chi connectivity index (χ4n) is 3.48. The highest BCUT2D eigenvalue weighted by atomic mass is 19.1. The Kier molecular flexibility index (Phi) is 6.82. The third kappa shape index (κ3) is 5.20. The predicted molar refractivity (Wildman–Crippen MR) is 107 cm³/mol. The number of ether oxygens (including phenoxy) is 1. The van der Waals surface area contributed by atoms with Crippen molar-refractivity contribution in [1.82, 2.24) is 4.90 Å². The van der Waals surface area contributed by atoms with Crippen molar-refractivity contribution < 1.29 is 19.0 Å². The number of para-hydroxylation sites is 1. The molecule has 0 unspecified atom stereocenters. The van der Waals surface area contributed by atoms with E-state index in [4.69, 9.17) is 4.74 Å². The number of carbonyl (C=O) groups excluding carboxylic acids is 1. The van der Waals surface area contributed by atoms with Crippen LogP contribution in [-0.2, 0) is 4.79 Å². The van der Waals surface area contributed by atoms with Gasteiger partial charge in [-0.25, -0.2) is 4.39 Å². The first-order valence-corrected chi connectivity index (χ1v) is 9.62. The largest absolute Gasteiger partial charge is 0.494 e. The minimum Gasteiger partial charge on any atom is -0.494 e. The summed E-state index contributed by atoms with van der Waals surface area (Å²) in [7, 11) is 0. The van der Waals surface area contributed by atoms with E-state index in [1.807, 2.05) is 36.4 Å². The highest BCUT2D eigenvalue weighted by Gasteiger charge is 2.36. The molecule has 3 rings (SSSR count). The number of rotatable bonds is 7. The van der Waals surface area contributed by atoms with Crippen LogP contribution in [0.2, 0.25) is 0 Å². The molecule has 5 heteroatoms. The standard InChI is InChI=1S/C23H26FNO3/c24-21(17-19-7-3-1-4-8-19)22(27)25-14-11-23(18-26,12-15-25)13-16-28-20-9-5-2-6-10-20/h1-10,17,26H,11-16,18H2.